The molecule has 0 radical (unpaired) electrons. The van der Waals surface area contributed by atoms with Gasteiger partial charge in [-0.3, -0.25) is 9.59 Å². The number of halogens is 2. The van der Waals surface area contributed by atoms with Crippen molar-refractivity contribution in [2.24, 2.45) is 5.92 Å². The van der Waals surface area contributed by atoms with Crippen LogP contribution in [0, 0.1) is 24.5 Å². The summed E-state index contributed by atoms with van der Waals surface area (Å²) in [5.41, 5.74) is 1.37. The lowest BCUT2D eigenvalue weighted by atomic mass is 9.85. The first-order valence-corrected chi connectivity index (χ1v) is 11.6. The van der Waals surface area contributed by atoms with Crippen LogP contribution in [-0.4, -0.2) is 42.2 Å². The van der Waals surface area contributed by atoms with Crippen molar-refractivity contribution >= 4 is 11.8 Å². The monoisotopic (exact) mass is 513 g/mol. The molecular formula is C28H29F2NO6. The van der Waals surface area contributed by atoms with E-state index < -0.39 is 41.3 Å². The third-order valence-corrected chi connectivity index (χ3v) is 6.11. The van der Waals surface area contributed by atoms with Crippen LogP contribution >= 0.6 is 0 Å². The Hall–Kier alpha value is -4.01. The van der Waals surface area contributed by atoms with Crippen molar-refractivity contribution in [2.75, 3.05) is 14.2 Å². The molecule has 196 valence electrons. The Kier molecular flexibility index (Phi) is 8.81. The van der Waals surface area contributed by atoms with Gasteiger partial charge in [0.1, 0.15) is 23.5 Å². The molecule has 3 atom stereocenters. The number of aromatic hydroxyl groups is 1. The average molecular weight is 514 g/mol. The number of pyridine rings is 1. The summed E-state index contributed by atoms with van der Waals surface area (Å²) >= 11 is 0. The minimum absolute atomic E-state index is 0.0906. The maximum Gasteiger partial charge on any atom is 0.309 e. The summed E-state index contributed by atoms with van der Waals surface area (Å²) in [5.74, 6) is -3.66. The lowest BCUT2D eigenvalue weighted by Crippen LogP contribution is -2.28. The van der Waals surface area contributed by atoms with Gasteiger partial charge in [0.15, 0.2) is 23.0 Å². The van der Waals surface area contributed by atoms with Gasteiger partial charge in [-0.2, -0.15) is 0 Å². The number of carbonyl (C=O) groups excluding carboxylic acids is 2. The molecular weight excluding hydrogens is 484 g/mol. The topological polar surface area (TPSA) is 95.0 Å². The maximum absolute atomic E-state index is 14.0. The molecule has 0 spiro atoms. The molecule has 0 saturated heterocycles. The molecule has 1 heterocycles. The van der Waals surface area contributed by atoms with Crippen LogP contribution in [0.3, 0.4) is 0 Å². The van der Waals surface area contributed by atoms with Crippen LogP contribution in [-0.2, 0) is 9.53 Å². The van der Waals surface area contributed by atoms with E-state index in [1.807, 2.05) is 0 Å². The maximum atomic E-state index is 14.0. The molecule has 37 heavy (non-hydrogen) atoms. The van der Waals surface area contributed by atoms with Crippen molar-refractivity contribution in [3.63, 3.8) is 0 Å². The number of esters is 1. The number of carbonyl (C=O) groups is 2. The number of rotatable bonds is 10. The molecule has 3 rings (SSSR count). The second-order valence-corrected chi connectivity index (χ2v) is 8.75. The lowest BCUT2D eigenvalue weighted by Gasteiger charge is -2.28. The van der Waals surface area contributed by atoms with E-state index in [9.17, 15) is 23.5 Å². The second-order valence-electron chi connectivity index (χ2n) is 8.75. The fourth-order valence-electron chi connectivity index (χ4n) is 4.14. The number of Topliss-reactive ketones (excluding diaryl/α,β-unsaturated/α-hetero) is 1. The van der Waals surface area contributed by atoms with Gasteiger partial charge >= 0.3 is 5.97 Å². The van der Waals surface area contributed by atoms with Gasteiger partial charge in [0, 0.05) is 36.2 Å². The van der Waals surface area contributed by atoms with Crippen LogP contribution in [0.1, 0.15) is 53.4 Å². The highest BCUT2D eigenvalue weighted by Crippen LogP contribution is 2.37. The number of ketones is 1. The molecule has 0 aliphatic rings. The Morgan fingerprint density at radius 3 is 2.35 bits per heavy atom. The van der Waals surface area contributed by atoms with E-state index in [4.69, 9.17) is 14.2 Å². The number of aryl methyl sites for hydroxylation is 1. The summed E-state index contributed by atoms with van der Waals surface area (Å²) in [7, 11) is 2.75. The van der Waals surface area contributed by atoms with E-state index in [1.165, 1.54) is 57.7 Å². The minimum atomic E-state index is -0.868. The van der Waals surface area contributed by atoms with Crippen LogP contribution in [0.5, 0.6) is 17.2 Å². The number of benzene rings is 2. The largest absolute Gasteiger partial charge is 0.503 e. The first-order chi connectivity index (χ1) is 17.6. The van der Waals surface area contributed by atoms with Gasteiger partial charge in [0.2, 0.25) is 0 Å². The van der Waals surface area contributed by atoms with Gasteiger partial charge in [-0.25, -0.2) is 13.8 Å². The summed E-state index contributed by atoms with van der Waals surface area (Å²) in [6, 6.07) is 9.96. The van der Waals surface area contributed by atoms with E-state index >= 15 is 0 Å². The van der Waals surface area contributed by atoms with Gasteiger partial charge in [-0.05, 0) is 37.1 Å². The molecule has 3 aromatic rings. The van der Waals surface area contributed by atoms with Crippen molar-refractivity contribution < 1.29 is 37.7 Å². The fraction of sp³-hybridized carbons (Fsp3) is 0.321. The third kappa shape index (κ3) is 6.22. The predicted octanol–water partition coefficient (Wildman–Crippen LogP) is 5.36. The zero-order valence-corrected chi connectivity index (χ0v) is 21.2. The van der Waals surface area contributed by atoms with Crippen LogP contribution in [0.2, 0.25) is 0 Å². The number of hydrogen-bond donors (Lipinski definition) is 1. The second kappa shape index (κ2) is 11.8. The Morgan fingerprint density at radius 2 is 1.70 bits per heavy atom. The van der Waals surface area contributed by atoms with Crippen molar-refractivity contribution in [3.8, 4) is 17.2 Å². The summed E-state index contributed by atoms with van der Waals surface area (Å²) in [6.07, 6.45) is 0.263. The molecule has 0 aliphatic carbocycles. The Labute approximate surface area is 214 Å². The van der Waals surface area contributed by atoms with Crippen molar-refractivity contribution in [2.45, 2.75) is 39.2 Å². The predicted molar refractivity (Wildman–Crippen MR) is 132 cm³/mol. The van der Waals surface area contributed by atoms with Gasteiger partial charge in [0.05, 0.1) is 20.1 Å². The smallest absolute Gasteiger partial charge is 0.309 e. The van der Waals surface area contributed by atoms with Crippen LogP contribution in [0.4, 0.5) is 8.78 Å². The average Bonchev–Trinajstić information content (AvgIpc) is 2.87. The summed E-state index contributed by atoms with van der Waals surface area (Å²) in [5, 5.41) is 10.2. The molecule has 0 amide bonds. The van der Waals surface area contributed by atoms with Gasteiger partial charge in [-0.15, -0.1) is 0 Å². The first-order valence-electron chi connectivity index (χ1n) is 11.6. The zero-order chi connectivity index (χ0) is 27.3. The number of aromatic nitrogens is 1. The van der Waals surface area contributed by atoms with E-state index in [2.05, 4.69) is 4.98 Å². The molecule has 1 N–H and O–H groups in total. The number of ether oxygens (including phenoxy) is 3. The highest BCUT2D eigenvalue weighted by Gasteiger charge is 2.31. The Bertz CT molecular complexity index is 1300. The standard InChI is InChI=1S/C28H29F2NO6/c1-15-12-18(6-9-21(15)30)25(20-8-7-19(29)14-24(20)36-5)17(3)37-28(34)16(2)13-22(32)26-27(33)23(35-4)10-11-31-26/h6-12,14,16-17,25,33H,13H2,1-5H3/t16-,17+,25-/m1/s1. The molecule has 7 nitrogen and oxygen atoms in total. The lowest BCUT2D eigenvalue weighted by molar-refractivity contribution is -0.153. The van der Waals surface area contributed by atoms with E-state index in [1.54, 1.807) is 26.0 Å². The van der Waals surface area contributed by atoms with Crippen molar-refractivity contribution in [1.29, 1.82) is 0 Å². The van der Waals surface area contributed by atoms with Crippen molar-refractivity contribution in [1.82, 2.24) is 4.98 Å². The SMILES string of the molecule is COc1cc(F)ccc1[C@@H](c1ccc(F)c(C)c1)[C@H](C)OC(=O)[C@H](C)CC(=O)c1nccc(OC)c1O. The number of nitrogens with zero attached hydrogens (tertiary/aromatic N) is 1. The van der Waals surface area contributed by atoms with Gasteiger partial charge in [0.25, 0.3) is 0 Å². The summed E-state index contributed by atoms with van der Waals surface area (Å²) in [4.78, 5) is 29.6. The normalized spacial score (nSPS) is 13.4. The zero-order valence-electron chi connectivity index (χ0n) is 21.2. The van der Waals surface area contributed by atoms with Crippen LogP contribution in [0.25, 0.3) is 0 Å². The molecule has 0 fully saturated rings. The van der Waals surface area contributed by atoms with Gasteiger partial charge < -0.3 is 19.3 Å². The Morgan fingerprint density at radius 1 is 1.00 bits per heavy atom. The Balaban J connectivity index is 1.86. The van der Waals surface area contributed by atoms with E-state index in [-0.39, 0.29) is 29.4 Å². The quantitative estimate of drug-likeness (QED) is 0.288. The van der Waals surface area contributed by atoms with E-state index in [0.717, 1.165) is 0 Å². The molecule has 0 unspecified atom stereocenters. The van der Waals surface area contributed by atoms with Crippen LogP contribution < -0.4 is 9.47 Å². The molecule has 1 aromatic heterocycles. The van der Waals surface area contributed by atoms with Gasteiger partial charge in [-0.1, -0.05) is 25.1 Å². The first kappa shape index (κ1) is 27.6. The van der Waals surface area contributed by atoms with Crippen molar-refractivity contribution in [3.05, 3.63) is 82.7 Å². The third-order valence-electron chi connectivity index (χ3n) is 6.11. The molecule has 2 aromatic carbocycles. The number of hydrogen-bond acceptors (Lipinski definition) is 7. The van der Waals surface area contributed by atoms with Crippen LogP contribution in [0.15, 0.2) is 48.7 Å². The molecule has 0 saturated carbocycles. The number of methoxy groups -OCH3 is 2. The molecule has 0 aliphatic heterocycles. The summed E-state index contributed by atoms with van der Waals surface area (Å²) in [6.45, 7) is 4.80. The summed E-state index contributed by atoms with van der Waals surface area (Å²) < 4.78 is 44.0. The molecule has 0 bridgehead atoms. The molecule has 9 heteroatoms. The highest BCUT2D eigenvalue weighted by atomic mass is 19.1. The minimum Gasteiger partial charge on any atom is -0.503 e. The van der Waals surface area contributed by atoms with E-state index in [0.29, 0.717) is 16.7 Å². The highest BCUT2D eigenvalue weighted by molar-refractivity contribution is 5.99. The fourth-order valence-corrected chi connectivity index (χ4v) is 4.14.